The molecular formula is C20H18F2N4O. The van der Waals surface area contributed by atoms with Crippen LogP contribution in [0.15, 0.2) is 42.5 Å². The smallest absolute Gasteiger partial charge is 0.274 e. The average Bonchev–Trinajstić information content (AvgIpc) is 2.60. The Balaban J connectivity index is 1.83. The molecule has 1 amide bonds. The van der Waals surface area contributed by atoms with Crippen molar-refractivity contribution >= 4 is 23.1 Å². The highest BCUT2D eigenvalue weighted by atomic mass is 19.1. The zero-order valence-corrected chi connectivity index (χ0v) is 15.1. The third-order valence-electron chi connectivity index (χ3n) is 4.03. The Morgan fingerprint density at radius 1 is 0.926 bits per heavy atom. The van der Waals surface area contributed by atoms with E-state index >= 15 is 0 Å². The van der Waals surface area contributed by atoms with Crippen molar-refractivity contribution in [3.63, 3.8) is 0 Å². The van der Waals surface area contributed by atoms with Gasteiger partial charge in [0.1, 0.15) is 29.0 Å². The highest BCUT2D eigenvalue weighted by Crippen LogP contribution is 2.21. The van der Waals surface area contributed by atoms with Gasteiger partial charge in [0.2, 0.25) is 0 Å². The van der Waals surface area contributed by atoms with Gasteiger partial charge in [-0.15, -0.1) is 0 Å². The molecule has 3 rings (SSSR count). The second-order valence-electron chi connectivity index (χ2n) is 6.19. The van der Waals surface area contributed by atoms with Gasteiger partial charge in [0.05, 0.1) is 5.69 Å². The van der Waals surface area contributed by atoms with Crippen LogP contribution in [-0.2, 0) is 0 Å². The number of anilines is 3. The molecule has 0 saturated carbocycles. The van der Waals surface area contributed by atoms with Gasteiger partial charge in [-0.2, -0.15) is 0 Å². The normalized spacial score (nSPS) is 10.6. The average molecular weight is 368 g/mol. The van der Waals surface area contributed by atoms with Gasteiger partial charge < -0.3 is 10.6 Å². The number of benzene rings is 2. The first-order valence-electron chi connectivity index (χ1n) is 8.28. The number of hydrogen-bond acceptors (Lipinski definition) is 4. The van der Waals surface area contributed by atoms with E-state index in [1.807, 2.05) is 26.0 Å². The number of rotatable bonds is 4. The number of carbonyl (C=O) groups excluding carboxylic acids is 1. The van der Waals surface area contributed by atoms with E-state index in [0.717, 1.165) is 23.3 Å². The largest absolute Gasteiger partial charge is 0.338 e. The Kier molecular flexibility index (Phi) is 5.12. The van der Waals surface area contributed by atoms with E-state index in [1.54, 1.807) is 13.0 Å². The quantitative estimate of drug-likeness (QED) is 0.702. The SMILES string of the molecule is Cc1nc(Nc2ccc(F)cc2F)cc(C(=O)Nc2ccc(C)c(C)c2)n1. The lowest BCUT2D eigenvalue weighted by Crippen LogP contribution is -2.15. The Morgan fingerprint density at radius 2 is 1.70 bits per heavy atom. The van der Waals surface area contributed by atoms with E-state index in [0.29, 0.717) is 11.5 Å². The zero-order chi connectivity index (χ0) is 19.6. The minimum Gasteiger partial charge on any atom is -0.338 e. The summed E-state index contributed by atoms with van der Waals surface area (Å²) in [5.74, 6) is -1.27. The van der Waals surface area contributed by atoms with Crippen LogP contribution in [0.25, 0.3) is 0 Å². The molecule has 7 heteroatoms. The summed E-state index contributed by atoms with van der Waals surface area (Å²) < 4.78 is 26.9. The van der Waals surface area contributed by atoms with Crippen LogP contribution in [-0.4, -0.2) is 15.9 Å². The molecule has 0 fully saturated rings. The maximum atomic E-state index is 13.8. The Bertz CT molecular complexity index is 1020. The van der Waals surface area contributed by atoms with Crippen LogP contribution >= 0.6 is 0 Å². The molecule has 1 aromatic heterocycles. The lowest BCUT2D eigenvalue weighted by Gasteiger charge is -2.10. The number of nitrogens with one attached hydrogen (secondary N) is 2. The van der Waals surface area contributed by atoms with Crippen molar-refractivity contribution in [3.8, 4) is 0 Å². The molecule has 138 valence electrons. The van der Waals surface area contributed by atoms with Crippen molar-refractivity contribution in [2.45, 2.75) is 20.8 Å². The molecule has 0 aliphatic carbocycles. The Labute approximate surface area is 155 Å². The molecular weight excluding hydrogens is 350 g/mol. The molecule has 5 nitrogen and oxygen atoms in total. The van der Waals surface area contributed by atoms with Gasteiger partial charge in [0, 0.05) is 17.8 Å². The van der Waals surface area contributed by atoms with E-state index in [2.05, 4.69) is 20.6 Å². The van der Waals surface area contributed by atoms with E-state index in [9.17, 15) is 13.6 Å². The van der Waals surface area contributed by atoms with Gasteiger partial charge in [-0.1, -0.05) is 6.07 Å². The Morgan fingerprint density at radius 3 is 2.41 bits per heavy atom. The molecule has 0 bridgehead atoms. The summed E-state index contributed by atoms with van der Waals surface area (Å²) in [6, 6.07) is 10.2. The highest BCUT2D eigenvalue weighted by molar-refractivity contribution is 6.03. The maximum absolute atomic E-state index is 13.8. The monoisotopic (exact) mass is 368 g/mol. The van der Waals surface area contributed by atoms with Crippen molar-refractivity contribution in [1.82, 2.24) is 9.97 Å². The number of amides is 1. The molecule has 2 N–H and O–H groups in total. The van der Waals surface area contributed by atoms with Crippen LogP contribution in [0.2, 0.25) is 0 Å². The number of aryl methyl sites for hydroxylation is 3. The lowest BCUT2D eigenvalue weighted by atomic mass is 10.1. The molecule has 0 aliphatic heterocycles. The summed E-state index contributed by atoms with van der Waals surface area (Å²) >= 11 is 0. The van der Waals surface area contributed by atoms with Crippen molar-refractivity contribution in [2.75, 3.05) is 10.6 Å². The number of nitrogens with zero attached hydrogens (tertiary/aromatic N) is 2. The van der Waals surface area contributed by atoms with E-state index in [-0.39, 0.29) is 17.2 Å². The highest BCUT2D eigenvalue weighted by Gasteiger charge is 2.13. The van der Waals surface area contributed by atoms with Gasteiger partial charge in [-0.05, 0) is 56.2 Å². The summed E-state index contributed by atoms with van der Waals surface area (Å²) in [4.78, 5) is 20.8. The van der Waals surface area contributed by atoms with Crippen LogP contribution in [0.1, 0.15) is 27.4 Å². The summed E-state index contributed by atoms with van der Waals surface area (Å²) in [5, 5.41) is 5.53. The summed E-state index contributed by atoms with van der Waals surface area (Å²) in [7, 11) is 0. The van der Waals surface area contributed by atoms with Gasteiger partial charge in [0.15, 0.2) is 0 Å². The first-order chi connectivity index (χ1) is 12.8. The van der Waals surface area contributed by atoms with Crippen molar-refractivity contribution in [2.24, 2.45) is 0 Å². The van der Waals surface area contributed by atoms with E-state index in [4.69, 9.17) is 0 Å². The number of aromatic nitrogens is 2. The molecule has 0 saturated heterocycles. The molecule has 0 atom stereocenters. The minimum absolute atomic E-state index is 0.0509. The van der Waals surface area contributed by atoms with Gasteiger partial charge in [-0.3, -0.25) is 4.79 Å². The number of carbonyl (C=O) groups is 1. The molecule has 2 aromatic carbocycles. The Hall–Kier alpha value is -3.35. The maximum Gasteiger partial charge on any atom is 0.274 e. The molecule has 1 heterocycles. The van der Waals surface area contributed by atoms with Crippen LogP contribution < -0.4 is 10.6 Å². The topological polar surface area (TPSA) is 66.9 Å². The summed E-state index contributed by atoms with van der Waals surface area (Å²) in [6.07, 6.45) is 0. The molecule has 0 unspecified atom stereocenters. The zero-order valence-electron chi connectivity index (χ0n) is 15.1. The third kappa shape index (κ3) is 4.44. The molecule has 0 radical (unpaired) electrons. The van der Waals surface area contributed by atoms with E-state index in [1.165, 1.54) is 12.1 Å². The third-order valence-corrected chi connectivity index (χ3v) is 4.03. The van der Waals surface area contributed by atoms with Crippen molar-refractivity contribution < 1.29 is 13.6 Å². The predicted molar refractivity (Wildman–Crippen MR) is 100 cm³/mol. The van der Waals surface area contributed by atoms with Crippen LogP contribution in [0.3, 0.4) is 0 Å². The summed E-state index contributed by atoms with van der Waals surface area (Å²) in [5.41, 5.74) is 3.01. The molecule has 0 aliphatic rings. The number of hydrogen-bond donors (Lipinski definition) is 2. The van der Waals surface area contributed by atoms with Crippen LogP contribution in [0.5, 0.6) is 0 Å². The molecule has 27 heavy (non-hydrogen) atoms. The first-order valence-corrected chi connectivity index (χ1v) is 8.28. The van der Waals surface area contributed by atoms with E-state index < -0.39 is 17.5 Å². The fraction of sp³-hybridized carbons (Fsp3) is 0.150. The van der Waals surface area contributed by atoms with Gasteiger partial charge in [-0.25, -0.2) is 18.7 Å². The second kappa shape index (κ2) is 7.49. The lowest BCUT2D eigenvalue weighted by molar-refractivity contribution is 0.102. The first kappa shape index (κ1) is 18.4. The predicted octanol–water partition coefficient (Wildman–Crippen LogP) is 4.68. The number of halogens is 2. The van der Waals surface area contributed by atoms with Crippen molar-refractivity contribution in [3.05, 3.63) is 76.7 Å². The molecule has 0 spiro atoms. The summed E-state index contributed by atoms with van der Waals surface area (Å²) in [6.45, 7) is 5.57. The fourth-order valence-electron chi connectivity index (χ4n) is 2.49. The van der Waals surface area contributed by atoms with Crippen LogP contribution in [0, 0.1) is 32.4 Å². The standard InChI is InChI=1S/C20H18F2N4O/c1-11-4-6-15(8-12(11)2)25-20(27)18-10-19(24-13(3)23-18)26-17-7-5-14(21)9-16(17)22/h4-10H,1-3H3,(H,25,27)(H,23,24,26). The fourth-order valence-corrected chi connectivity index (χ4v) is 2.49. The van der Waals surface area contributed by atoms with Crippen LogP contribution in [0.4, 0.5) is 26.0 Å². The molecule has 3 aromatic rings. The van der Waals surface area contributed by atoms with Gasteiger partial charge in [0.25, 0.3) is 5.91 Å². The minimum atomic E-state index is -0.757. The van der Waals surface area contributed by atoms with Crippen molar-refractivity contribution in [1.29, 1.82) is 0 Å². The second-order valence-corrected chi connectivity index (χ2v) is 6.19. The van der Waals surface area contributed by atoms with Gasteiger partial charge >= 0.3 is 0 Å².